The first-order valence-corrected chi connectivity index (χ1v) is 10.4. The lowest BCUT2D eigenvalue weighted by Gasteiger charge is -2.09. The highest BCUT2D eigenvalue weighted by Crippen LogP contribution is 2.27. The van der Waals surface area contributed by atoms with Gasteiger partial charge in [0.05, 0.1) is 16.9 Å². The molecule has 0 aliphatic rings. The third kappa shape index (κ3) is 6.32. The molecule has 29 heavy (non-hydrogen) atoms. The minimum atomic E-state index is -3.55. The van der Waals surface area contributed by atoms with E-state index in [-0.39, 0.29) is 35.3 Å². The molecule has 0 unspecified atom stereocenters. The molecule has 0 heterocycles. The molecule has 9 nitrogen and oxygen atoms in total. The van der Waals surface area contributed by atoms with Crippen molar-refractivity contribution in [3.63, 3.8) is 0 Å². The number of anilines is 1. The van der Waals surface area contributed by atoms with E-state index in [2.05, 4.69) is 10.6 Å². The molecule has 2 aromatic carbocycles. The van der Waals surface area contributed by atoms with Crippen molar-refractivity contribution in [3.05, 3.63) is 64.2 Å². The summed E-state index contributed by atoms with van der Waals surface area (Å²) in [5.41, 5.74) is 0.571. The number of hydrogen-bond donors (Lipinski definition) is 2. The number of nitrogens with zero attached hydrogens (tertiary/aromatic N) is 1. The molecule has 10 heteroatoms. The summed E-state index contributed by atoms with van der Waals surface area (Å²) in [7, 11) is -2.01. The average molecular weight is 419 g/mol. The molecule has 154 valence electrons. The van der Waals surface area contributed by atoms with E-state index in [4.69, 9.17) is 4.74 Å². The Morgan fingerprint density at radius 2 is 1.93 bits per heavy atom. The van der Waals surface area contributed by atoms with Crippen LogP contribution in [0, 0.1) is 10.1 Å². The summed E-state index contributed by atoms with van der Waals surface area (Å²) in [4.78, 5) is 22.3. The smallest absolute Gasteiger partial charge is 0.293 e. The Balaban J connectivity index is 1.92. The predicted octanol–water partition coefficient (Wildman–Crippen LogP) is 2.25. The van der Waals surface area contributed by atoms with E-state index in [1.165, 1.54) is 18.2 Å². The van der Waals surface area contributed by atoms with Crippen molar-refractivity contribution in [2.75, 3.05) is 31.8 Å². The van der Waals surface area contributed by atoms with Crippen molar-refractivity contribution in [3.8, 4) is 5.75 Å². The fourth-order valence-corrected chi connectivity index (χ4v) is 3.09. The molecule has 0 bridgehead atoms. The summed E-state index contributed by atoms with van der Waals surface area (Å²) in [5, 5.41) is 16.7. The van der Waals surface area contributed by atoms with Crippen LogP contribution in [0.3, 0.4) is 0 Å². The molecule has 0 saturated heterocycles. The van der Waals surface area contributed by atoms with E-state index in [0.717, 1.165) is 17.9 Å². The molecular formula is C19H21N3O6S. The van der Waals surface area contributed by atoms with Crippen LogP contribution in [0.2, 0.25) is 0 Å². The van der Waals surface area contributed by atoms with E-state index >= 15 is 0 Å². The fourth-order valence-electron chi connectivity index (χ4n) is 2.45. The van der Waals surface area contributed by atoms with E-state index in [1.807, 2.05) is 18.2 Å². The van der Waals surface area contributed by atoms with Crippen LogP contribution >= 0.6 is 0 Å². The Labute approximate surface area is 168 Å². The zero-order valence-corrected chi connectivity index (χ0v) is 16.7. The number of sulfone groups is 1. The number of nitro groups is 1. The summed E-state index contributed by atoms with van der Waals surface area (Å²) in [6, 6.07) is 10.9. The molecule has 2 N–H and O–H groups in total. The molecular weight excluding hydrogens is 398 g/mol. The van der Waals surface area contributed by atoms with Gasteiger partial charge in [0.2, 0.25) is 5.91 Å². The molecule has 0 radical (unpaired) electrons. The van der Waals surface area contributed by atoms with Crippen LogP contribution in [0.5, 0.6) is 5.75 Å². The number of methoxy groups -OCH3 is 1. The quantitative estimate of drug-likeness (QED) is 0.276. The maximum absolute atomic E-state index is 11.9. The second-order valence-corrected chi connectivity index (χ2v) is 8.02. The van der Waals surface area contributed by atoms with E-state index in [1.54, 1.807) is 19.3 Å². The molecule has 0 aromatic heterocycles. The lowest BCUT2D eigenvalue weighted by atomic mass is 10.2. The largest absolute Gasteiger partial charge is 0.496 e. The van der Waals surface area contributed by atoms with Crippen LogP contribution in [0.15, 0.2) is 53.4 Å². The summed E-state index contributed by atoms with van der Waals surface area (Å²) in [6.07, 6.45) is 3.96. The number of para-hydroxylation sites is 1. The van der Waals surface area contributed by atoms with Gasteiger partial charge >= 0.3 is 0 Å². The topological polar surface area (TPSA) is 128 Å². The van der Waals surface area contributed by atoms with Crippen LogP contribution in [-0.4, -0.2) is 45.7 Å². The van der Waals surface area contributed by atoms with Crippen LogP contribution < -0.4 is 15.4 Å². The minimum absolute atomic E-state index is 0.135. The number of carbonyl (C=O) groups excluding carboxylic acids is 1. The average Bonchev–Trinajstić information content (AvgIpc) is 2.69. The summed E-state index contributed by atoms with van der Waals surface area (Å²) in [6.45, 7) is 0.424. The Kier molecular flexibility index (Phi) is 7.32. The fraction of sp³-hybridized carbons (Fsp3) is 0.211. The van der Waals surface area contributed by atoms with Crippen molar-refractivity contribution in [2.45, 2.75) is 4.90 Å². The first-order valence-electron chi connectivity index (χ1n) is 8.53. The molecule has 2 rings (SSSR count). The highest BCUT2D eigenvalue weighted by atomic mass is 32.2. The SMILES string of the molecule is COc1ccccc1/C=C/C(=O)NCCNc1ccc(S(C)(=O)=O)cc1[N+](=O)[O-]. The van der Waals surface area contributed by atoms with Gasteiger partial charge in [0.1, 0.15) is 11.4 Å². The third-order valence-corrected chi connectivity index (χ3v) is 5.00. The number of hydrogen-bond acceptors (Lipinski definition) is 7. The molecule has 0 atom stereocenters. The summed E-state index contributed by atoms with van der Waals surface area (Å²) in [5.74, 6) is 0.308. The zero-order chi connectivity index (χ0) is 21.4. The number of benzene rings is 2. The second kappa shape index (κ2) is 9.69. The number of ether oxygens (including phenoxy) is 1. The predicted molar refractivity (Wildman–Crippen MR) is 110 cm³/mol. The lowest BCUT2D eigenvalue weighted by molar-refractivity contribution is -0.384. The number of nitro benzene ring substituents is 1. The molecule has 0 fully saturated rings. The van der Waals surface area contributed by atoms with Gasteiger partial charge in [0.25, 0.3) is 5.69 Å². The lowest BCUT2D eigenvalue weighted by Crippen LogP contribution is -2.27. The van der Waals surface area contributed by atoms with Crippen molar-refractivity contribution < 1.29 is 22.9 Å². The van der Waals surface area contributed by atoms with E-state index < -0.39 is 14.8 Å². The first-order chi connectivity index (χ1) is 13.7. The van der Waals surface area contributed by atoms with Gasteiger partial charge in [-0.3, -0.25) is 14.9 Å². The minimum Gasteiger partial charge on any atom is -0.496 e. The van der Waals surface area contributed by atoms with E-state index in [0.29, 0.717) is 5.75 Å². The Morgan fingerprint density at radius 1 is 1.21 bits per heavy atom. The van der Waals surface area contributed by atoms with Crippen LogP contribution in [0.1, 0.15) is 5.56 Å². The van der Waals surface area contributed by atoms with Gasteiger partial charge in [-0.05, 0) is 24.3 Å². The van der Waals surface area contributed by atoms with Gasteiger partial charge in [0, 0.05) is 37.1 Å². The molecule has 2 aromatic rings. The maximum Gasteiger partial charge on any atom is 0.293 e. The van der Waals surface area contributed by atoms with Gasteiger partial charge in [-0.25, -0.2) is 8.42 Å². The van der Waals surface area contributed by atoms with Crippen molar-refractivity contribution in [2.24, 2.45) is 0 Å². The molecule has 0 aliphatic carbocycles. The molecule has 0 aliphatic heterocycles. The number of carbonyl (C=O) groups is 1. The van der Waals surface area contributed by atoms with Crippen LogP contribution in [0.25, 0.3) is 6.08 Å². The van der Waals surface area contributed by atoms with Crippen molar-refractivity contribution in [1.29, 1.82) is 0 Å². The second-order valence-electron chi connectivity index (χ2n) is 6.00. The van der Waals surface area contributed by atoms with Gasteiger partial charge in [-0.2, -0.15) is 0 Å². The first kappa shape index (κ1) is 21.9. The van der Waals surface area contributed by atoms with Gasteiger partial charge in [-0.1, -0.05) is 18.2 Å². The van der Waals surface area contributed by atoms with Gasteiger partial charge in [0.15, 0.2) is 9.84 Å². The number of nitrogens with one attached hydrogen (secondary N) is 2. The number of rotatable bonds is 9. The van der Waals surface area contributed by atoms with Gasteiger partial charge < -0.3 is 15.4 Å². The van der Waals surface area contributed by atoms with Crippen molar-refractivity contribution in [1.82, 2.24) is 5.32 Å². The third-order valence-electron chi connectivity index (χ3n) is 3.89. The maximum atomic E-state index is 11.9. The number of amides is 1. The Morgan fingerprint density at radius 3 is 2.59 bits per heavy atom. The van der Waals surface area contributed by atoms with E-state index in [9.17, 15) is 23.3 Å². The highest BCUT2D eigenvalue weighted by molar-refractivity contribution is 7.90. The summed E-state index contributed by atoms with van der Waals surface area (Å²) < 4.78 is 28.3. The standard InChI is InChI=1S/C19H21N3O6S/c1-28-18-6-4-3-5-14(18)7-10-19(23)21-12-11-20-16-9-8-15(29(2,26)27)13-17(16)22(24)25/h3-10,13,20H,11-12H2,1-2H3,(H,21,23)/b10-7+. The highest BCUT2D eigenvalue weighted by Gasteiger charge is 2.18. The van der Waals surface area contributed by atoms with Gasteiger partial charge in [-0.15, -0.1) is 0 Å². The van der Waals surface area contributed by atoms with Crippen LogP contribution in [0.4, 0.5) is 11.4 Å². The zero-order valence-electron chi connectivity index (χ0n) is 15.9. The normalized spacial score (nSPS) is 11.2. The molecule has 0 saturated carbocycles. The Bertz CT molecular complexity index is 1030. The van der Waals surface area contributed by atoms with Crippen molar-refractivity contribution >= 4 is 33.2 Å². The monoisotopic (exact) mass is 419 g/mol. The Hall–Kier alpha value is -3.40. The molecule has 0 spiro atoms. The molecule has 1 amide bonds. The summed E-state index contributed by atoms with van der Waals surface area (Å²) >= 11 is 0. The van der Waals surface area contributed by atoms with Crippen LogP contribution in [-0.2, 0) is 14.6 Å².